The van der Waals surface area contributed by atoms with Gasteiger partial charge in [-0.3, -0.25) is 14.9 Å². The first-order chi connectivity index (χ1) is 13.1. The Kier molecular flexibility index (Phi) is 6.90. The molecule has 0 aliphatic carbocycles. The van der Waals surface area contributed by atoms with E-state index in [4.69, 9.17) is 0 Å². The Morgan fingerprint density at radius 1 is 1.18 bits per heavy atom. The zero-order valence-electron chi connectivity index (χ0n) is 15.1. The molecule has 2 aromatic carbocycles. The van der Waals surface area contributed by atoms with Crippen LogP contribution in [0.3, 0.4) is 0 Å². The van der Waals surface area contributed by atoms with Crippen molar-refractivity contribution in [2.24, 2.45) is 0 Å². The molecule has 1 N–H and O–H groups in total. The summed E-state index contributed by atoms with van der Waals surface area (Å²) in [6, 6.07) is 9.79. The van der Waals surface area contributed by atoms with Crippen LogP contribution in [0.15, 0.2) is 47.4 Å². The van der Waals surface area contributed by atoms with Gasteiger partial charge in [0.1, 0.15) is 0 Å². The SMILES string of the molecule is CN(C)c1ccc(CNC(=O)CSc2ccc(C(F)(F)F)cc2[N+](=O)[O-])cc1. The van der Waals surface area contributed by atoms with Gasteiger partial charge in [0, 0.05) is 32.4 Å². The van der Waals surface area contributed by atoms with Crippen LogP contribution in [0.2, 0.25) is 0 Å². The number of hydrogen-bond acceptors (Lipinski definition) is 5. The average Bonchev–Trinajstić information content (AvgIpc) is 2.64. The van der Waals surface area contributed by atoms with E-state index in [2.05, 4.69) is 5.32 Å². The molecule has 2 rings (SSSR count). The van der Waals surface area contributed by atoms with E-state index >= 15 is 0 Å². The number of nitrogens with zero attached hydrogens (tertiary/aromatic N) is 2. The lowest BCUT2D eigenvalue weighted by atomic mass is 10.2. The summed E-state index contributed by atoms with van der Waals surface area (Å²) >= 11 is 0.817. The second-order valence-electron chi connectivity index (χ2n) is 6.06. The molecule has 0 aromatic heterocycles. The smallest absolute Gasteiger partial charge is 0.378 e. The van der Waals surface area contributed by atoms with Gasteiger partial charge in [-0.2, -0.15) is 13.2 Å². The second kappa shape index (κ2) is 8.96. The van der Waals surface area contributed by atoms with Gasteiger partial charge >= 0.3 is 6.18 Å². The summed E-state index contributed by atoms with van der Waals surface area (Å²) in [5, 5.41) is 13.7. The van der Waals surface area contributed by atoms with E-state index in [1.54, 1.807) is 0 Å². The molecule has 0 aliphatic rings. The number of nitro groups is 1. The monoisotopic (exact) mass is 413 g/mol. The molecular weight excluding hydrogens is 395 g/mol. The minimum Gasteiger partial charge on any atom is -0.378 e. The predicted molar refractivity (Wildman–Crippen MR) is 101 cm³/mol. The molecule has 1 amide bonds. The number of carbonyl (C=O) groups is 1. The standard InChI is InChI=1S/C18H18F3N3O3S/c1-23(2)14-6-3-12(4-7-14)10-22-17(25)11-28-16-8-5-13(18(19,20)21)9-15(16)24(26)27/h3-9H,10-11H2,1-2H3,(H,22,25). The summed E-state index contributed by atoms with van der Waals surface area (Å²) < 4.78 is 38.1. The zero-order chi connectivity index (χ0) is 20.9. The average molecular weight is 413 g/mol. The van der Waals surface area contributed by atoms with Gasteiger partial charge in [-0.1, -0.05) is 12.1 Å². The summed E-state index contributed by atoms with van der Waals surface area (Å²) in [6.45, 7) is 0.280. The number of amides is 1. The van der Waals surface area contributed by atoms with E-state index in [9.17, 15) is 28.1 Å². The van der Waals surface area contributed by atoms with Crippen LogP contribution in [0, 0.1) is 10.1 Å². The van der Waals surface area contributed by atoms with Crippen LogP contribution in [0.5, 0.6) is 0 Å². The maximum absolute atomic E-state index is 12.7. The highest BCUT2D eigenvalue weighted by atomic mass is 32.2. The predicted octanol–water partition coefficient (Wildman–Crippen LogP) is 4.09. The van der Waals surface area contributed by atoms with Crippen molar-refractivity contribution in [3.8, 4) is 0 Å². The third kappa shape index (κ3) is 5.88. The number of rotatable bonds is 7. The molecule has 10 heteroatoms. The molecule has 28 heavy (non-hydrogen) atoms. The number of thioether (sulfide) groups is 1. The summed E-state index contributed by atoms with van der Waals surface area (Å²) in [5.74, 6) is -0.530. The normalized spacial score (nSPS) is 11.2. The minimum absolute atomic E-state index is 0.00323. The van der Waals surface area contributed by atoms with Crippen molar-refractivity contribution in [3.63, 3.8) is 0 Å². The number of alkyl halides is 3. The number of nitro benzene ring substituents is 1. The molecule has 0 heterocycles. The van der Waals surface area contributed by atoms with Crippen molar-refractivity contribution < 1.29 is 22.9 Å². The summed E-state index contributed by atoms with van der Waals surface area (Å²) in [7, 11) is 3.82. The van der Waals surface area contributed by atoms with Crippen LogP contribution < -0.4 is 10.2 Å². The summed E-state index contributed by atoms with van der Waals surface area (Å²) in [6.07, 6.45) is -4.67. The Balaban J connectivity index is 1.95. The number of anilines is 1. The largest absolute Gasteiger partial charge is 0.416 e. The van der Waals surface area contributed by atoms with Crippen LogP contribution in [0.4, 0.5) is 24.5 Å². The van der Waals surface area contributed by atoms with Crippen LogP contribution in [0.1, 0.15) is 11.1 Å². The van der Waals surface area contributed by atoms with Crippen LogP contribution in [-0.4, -0.2) is 30.7 Å². The number of benzene rings is 2. The Hall–Kier alpha value is -2.75. The van der Waals surface area contributed by atoms with Gasteiger partial charge in [-0.05, 0) is 29.8 Å². The molecule has 0 bridgehead atoms. The fourth-order valence-electron chi connectivity index (χ4n) is 2.27. The van der Waals surface area contributed by atoms with Crippen molar-refractivity contribution in [3.05, 3.63) is 63.7 Å². The van der Waals surface area contributed by atoms with Crippen molar-refractivity contribution in [2.45, 2.75) is 17.6 Å². The number of carbonyl (C=O) groups excluding carboxylic acids is 1. The molecule has 0 saturated heterocycles. The topological polar surface area (TPSA) is 75.5 Å². The van der Waals surface area contributed by atoms with Crippen LogP contribution >= 0.6 is 11.8 Å². The van der Waals surface area contributed by atoms with Crippen LogP contribution in [0.25, 0.3) is 0 Å². The van der Waals surface area contributed by atoms with E-state index in [-0.39, 0.29) is 23.1 Å². The third-order valence-corrected chi connectivity index (χ3v) is 4.85. The van der Waals surface area contributed by atoms with E-state index in [1.807, 2.05) is 43.3 Å². The third-order valence-electron chi connectivity index (χ3n) is 3.78. The minimum atomic E-state index is -4.67. The summed E-state index contributed by atoms with van der Waals surface area (Å²) in [5.41, 5.74) is 0.116. The number of halogens is 3. The molecule has 0 saturated carbocycles. The summed E-state index contributed by atoms with van der Waals surface area (Å²) in [4.78, 5) is 24.1. The molecule has 150 valence electrons. The Bertz CT molecular complexity index is 855. The molecule has 0 aliphatic heterocycles. The van der Waals surface area contributed by atoms with Crippen LogP contribution in [-0.2, 0) is 17.5 Å². The first kappa shape index (κ1) is 21.5. The molecule has 0 spiro atoms. The first-order valence-corrected chi connectivity index (χ1v) is 9.08. The van der Waals surface area contributed by atoms with Gasteiger partial charge in [-0.25, -0.2) is 0 Å². The Morgan fingerprint density at radius 3 is 2.36 bits per heavy atom. The quantitative estimate of drug-likeness (QED) is 0.420. The van der Waals surface area contributed by atoms with Crippen molar-refractivity contribution in [2.75, 3.05) is 24.7 Å². The fraction of sp³-hybridized carbons (Fsp3) is 0.278. The van der Waals surface area contributed by atoms with Crippen molar-refractivity contribution in [1.82, 2.24) is 5.32 Å². The Labute approximate surface area is 163 Å². The fourth-order valence-corrected chi connectivity index (χ4v) is 3.10. The van der Waals surface area contributed by atoms with Gasteiger partial charge < -0.3 is 10.2 Å². The second-order valence-corrected chi connectivity index (χ2v) is 7.08. The van der Waals surface area contributed by atoms with Crippen molar-refractivity contribution in [1.29, 1.82) is 0 Å². The lowest BCUT2D eigenvalue weighted by Crippen LogP contribution is -2.24. The molecule has 0 unspecified atom stereocenters. The van der Waals surface area contributed by atoms with Gasteiger partial charge in [0.2, 0.25) is 5.91 Å². The van der Waals surface area contributed by atoms with Gasteiger partial charge in [-0.15, -0.1) is 11.8 Å². The highest BCUT2D eigenvalue weighted by molar-refractivity contribution is 8.00. The lowest BCUT2D eigenvalue weighted by Gasteiger charge is -2.13. The molecule has 0 atom stereocenters. The van der Waals surface area contributed by atoms with Gasteiger partial charge in [0.05, 0.1) is 21.1 Å². The number of nitrogens with one attached hydrogen (secondary N) is 1. The van der Waals surface area contributed by atoms with E-state index in [0.717, 1.165) is 35.1 Å². The number of hydrogen-bond donors (Lipinski definition) is 1. The van der Waals surface area contributed by atoms with Gasteiger partial charge in [0.15, 0.2) is 0 Å². The maximum atomic E-state index is 12.7. The van der Waals surface area contributed by atoms with E-state index < -0.39 is 22.4 Å². The molecule has 0 radical (unpaired) electrons. The highest BCUT2D eigenvalue weighted by Crippen LogP contribution is 2.36. The highest BCUT2D eigenvalue weighted by Gasteiger charge is 2.33. The first-order valence-electron chi connectivity index (χ1n) is 8.09. The van der Waals surface area contributed by atoms with E-state index in [0.29, 0.717) is 6.07 Å². The van der Waals surface area contributed by atoms with Crippen molar-refractivity contribution >= 4 is 29.0 Å². The molecular formula is C18H18F3N3O3S. The Morgan fingerprint density at radius 2 is 1.82 bits per heavy atom. The van der Waals surface area contributed by atoms with E-state index in [1.165, 1.54) is 0 Å². The zero-order valence-corrected chi connectivity index (χ0v) is 15.9. The molecule has 6 nitrogen and oxygen atoms in total. The maximum Gasteiger partial charge on any atom is 0.416 e. The van der Waals surface area contributed by atoms with Gasteiger partial charge in [0.25, 0.3) is 5.69 Å². The lowest BCUT2D eigenvalue weighted by molar-refractivity contribution is -0.388. The molecule has 0 fully saturated rings. The molecule has 2 aromatic rings.